The normalized spacial score (nSPS) is 19.4. The minimum atomic E-state index is -3.94. The highest BCUT2D eigenvalue weighted by atomic mass is 32.2. The van der Waals surface area contributed by atoms with Gasteiger partial charge < -0.3 is 14.8 Å². The van der Waals surface area contributed by atoms with Gasteiger partial charge in [-0.2, -0.15) is 0 Å². The third kappa shape index (κ3) is 13.5. The fraction of sp³-hybridized carbons (Fsp3) is 0.806. The molecule has 1 aliphatic rings. The van der Waals surface area contributed by atoms with E-state index >= 15 is 0 Å². The smallest absolute Gasteiger partial charge is 0.269 e. The van der Waals surface area contributed by atoms with Crippen molar-refractivity contribution < 1.29 is 22.8 Å². The second-order valence-corrected chi connectivity index (χ2v) is 13.6. The van der Waals surface area contributed by atoms with Gasteiger partial charge in [0.1, 0.15) is 6.10 Å². The highest BCUT2D eigenvalue weighted by Crippen LogP contribution is 2.33. The molecule has 1 aromatic carbocycles. The monoisotopic (exact) mass is 597 g/mol. The zero-order chi connectivity index (χ0) is 30.1. The van der Waals surface area contributed by atoms with Gasteiger partial charge in [-0.25, -0.2) is 13.1 Å². The number of nitro groups is 1. The molecular weight excluding hydrogens is 542 g/mol. The zero-order valence-corrected chi connectivity index (χ0v) is 26.7. The van der Waals surface area contributed by atoms with Crippen LogP contribution in [0.1, 0.15) is 124 Å². The SMILES string of the molecule is CCCCCCCCCCCCCC[C@H]1OC(C)(C)O[C@H]1[C@H](CNCCCC)NS(=O)(=O)c1ccc([N+](=O)[O-])cc1. The molecule has 3 atom stereocenters. The van der Waals surface area contributed by atoms with Crippen LogP contribution in [0.25, 0.3) is 0 Å². The van der Waals surface area contributed by atoms with E-state index < -0.39 is 32.9 Å². The molecule has 1 aromatic rings. The van der Waals surface area contributed by atoms with Crippen LogP contribution >= 0.6 is 0 Å². The molecule has 0 bridgehead atoms. The lowest BCUT2D eigenvalue weighted by Gasteiger charge is -2.28. The van der Waals surface area contributed by atoms with Crippen LogP contribution in [0, 0.1) is 10.1 Å². The van der Waals surface area contributed by atoms with Crippen LogP contribution in [0.4, 0.5) is 5.69 Å². The van der Waals surface area contributed by atoms with Crippen molar-refractivity contribution in [3.63, 3.8) is 0 Å². The van der Waals surface area contributed by atoms with E-state index in [0.717, 1.165) is 38.6 Å². The summed E-state index contributed by atoms with van der Waals surface area (Å²) in [5.74, 6) is -0.813. The highest BCUT2D eigenvalue weighted by molar-refractivity contribution is 7.89. The molecular formula is C31H55N3O6S. The zero-order valence-electron chi connectivity index (χ0n) is 25.9. The first kappa shape index (κ1) is 35.6. The van der Waals surface area contributed by atoms with Crippen molar-refractivity contribution in [3.05, 3.63) is 34.4 Å². The molecule has 2 N–H and O–H groups in total. The second kappa shape index (κ2) is 18.8. The van der Waals surface area contributed by atoms with Gasteiger partial charge in [0, 0.05) is 18.7 Å². The number of nitro benzene ring substituents is 1. The predicted molar refractivity (Wildman–Crippen MR) is 165 cm³/mol. The Morgan fingerprint density at radius 1 is 0.854 bits per heavy atom. The van der Waals surface area contributed by atoms with Crippen molar-refractivity contribution in [3.8, 4) is 0 Å². The average Bonchev–Trinajstić information content (AvgIpc) is 3.25. The molecule has 41 heavy (non-hydrogen) atoms. The standard InChI is InChI=1S/C31H55N3O6S/c1-5-7-9-10-11-12-13-14-15-16-17-18-19-29-30(40-31(3,4)39-29)28(25-32-24-8-6-2)33-41(37,38)27-22-20-26(21-23-27)34(35)36/h20-23,28-30,32-33H,5-19,24-25H2,1-4H3/t28-,29+,30-/m0/s1. The Labute approximate surface area is 248 Å². The van der Waals surface area contributed by atoms with E-state index in [0.29, 0.717) is 6.54 Å². The third-order valence-electron chi connectivity index (χ3n) is 7.70. The molecule has 0 saturated carbocycles. The Kier molecular flexibility index (Phi) is 16.4. The first-order valence-electron chi connectivity index (χ1n) is 15.9. The fourth-order valence-electron chi connectivity index (χ4n) is 5.41. The van der Waals surface area contributed by atoms with Crippen LogP contribution in [-0.2, 0) is 19.5 Å². The van der Waals surface area contributed by atoms with E-state index in [1.807, 2.05) is 13.8 Å². The molecule has 1 fully saturated rings. The van der Waals surface area contributed by atoms with Crippen molar-refractivity contribution >= 4 is 15.7 Å². The van der Waals surface area contributed by atoms with E-state index in [9.17, 15) is 18.5 Å². The Morgan fingerprint density at radius 3 is 1.93 bits per heavy atom. The maximum atomic E-state index is 13.3. The van der Waals surface area contributed by atoms with Crippen molar-refractivity contribution in [2.75, 3.05) is 13.1 Å². The number of benzene rings is 1. The number of sulfonamides is 1. The summed E-state index contributed by atoms with van der Waals surface area (Å²) in [6, 6.07) is 4.38. The lowest BCUT2D eigenvalue weighted by Crippen LogP contribution is -2.52. The molecule has 0 radical (unpaired) electrons. The first-order chi connectivity index (χ1) is 19.6. The molecule has 1 aliphatic heterocycles. The summed E-state index contributed by atoms with van der Waals surface area (Å²) in [4.78, 5) is 10.4. The summed E-state index contributed by atoms with van der Waals surface area (Å²) in [6.07, 6.45) is 17.4. The largest absolute Gasteiger partial charge is 0.345 e. The molecule has 0 aromatic heterocycles. The van der Waals surface area contributed by atoms with Gasteiger partial charge in [-0.05, 0) is 45.4 Å². The van der Waals surface area contributed by atoms with E-state index in [2.05, 4.69) is 23.9 Å². The third-order valence-corrected chi connectivity index (χ3v) is 9.20. The van der Waals surface area contributed by atoms with Gasteiger partial charge in [0.05, 0.1) is 22.0 Å². The first-order valence-corrected chi connectivity index (χ1v) is 17.4. The van der Waals surface area contributed by atoms with E-state index in [1.165, 1.54) is 88.5 Å². The van der Waals surface area contributed by atoms with Gasteiger partial charge in [0.2, 0.25) is 10.0 Å². The summed E-state index contributed by atoms with van der Waals surface area (Å²) in [5.41, 5.74) is -0.154. The summed E-state index contributed by atoms with van der Waals surface area (Å²) in [6.45, 7) is 9.27. The summed E-state index contributed by atoms with van der Waals surface area (Å²) < 4.78 is 42.0. The van der Waals surface area contributed by atoms with Crippen LogP contribution in [0.5, 0.6) is 0 Å². The Morgan fingerprint density at radius 2 is 1.39 bits per heavy atom. The fourth-order valence-corrected chi connectivity index (χ4v) is 6.66. The summed E-state index contributed by atoms with van der Waals surface area (Å²) in [7, 11) is -3.94. The minimum Gasteiger partial charge on any atom is -0.345 e. The van der Waals surface area contributed by atoms with Crippen LogP contribution in [0.2, 0.25) is 0 Å². The molecule has 0 spiro atoms. The van der Waals surface area contributed by atoms with Crippen molar-refractivity contribution in [1.82, 2.24) is 10.0 Å². The summed E-state index contributed by atoms with van der Waals surface area (Å²) in [5, 5.41) is 14.4. The number of ether oxygens (including phenoxy) is 2. The average molecular weight is 598 g/mol. The topological polar surface area (TPSA) is 120 Å². The van der Waals surface area contributed by atoms with Gasteiger partial charge in [-0.1, -0.05) is 97.3 Å². The molecule has 1 saturated heterocycles. The number of nitrogens with one attached hydrogen (secondary N) is 2. The number of rotatable bonds is 23. The van der Waals surface area contributed by atoms with Gasteiger partial charge in [-0.15, -0.1) is 0 Å². The summed E-state index contributed by atoms with van der Waals surface area (Å²) >= 11 is 0. The highest BCUT2D eigenvalue weighted by Gasteiger charge is 2.45. The lowest BCUT2D eigenvalue weighted by atomic mass is 9.99. The molecule has 9 nitrogen and oxygen atoms in total. The Balaban J connectivity index is 1.93. The minimum absolute atomic E-state index is 0.0163. The van der Waals surface area contributed by atoms with E-state index in [1.54, 1.807) is 0 Å². The number of hydrogen-bond acceptors (Lipinski definition) is 7. The number of hydrogen-bond donors (Lipinski definition) is 2. The van der Waals surface area contributed by atoms with Crippen molar-refractivity contribution in [2.45, 2.75) is 153 Å². The maximum Gasteiger partial charge on any atom is 0.269 e. The Hall–Kier alpha value is -1.59. The molecule has 2 rings (SSSR count). The molecule has 0 unspecified atom stereocenters. The van der Waals surface area contributed by atoms with Gasteiger partial charge in [-0.3, -0.25) is 10.1 Å². The van der Waals surface area contributed by atoms with Crippen molar-refractivity contribution in [2.24, 2.45) is 0 Å². The van der Waals surface area contributed by atoms with Gasteiger partial charge in [0.15, 0.2) is 5.79 Å². The molecule has 1 heterocycles. The lowest BCUT2D eigenvalue weighted by molar-refractivity contribution is -0.384. The molecule has 0 amide bonds. The molecule has 236 valence electrons. The number of nitrogens with zero attached hydrogens (tertiary/aromatic N) is 1. The Bertz CT molecular complexity index is 971. The van der Waals surface area contributed by atoms with E-state index in [-0.39, 0.29) is 16.7 Å². The molecule has 0 aliphatic carbocycles. The van der Waals surface area contributed by atoms with Crippen molar-refractivity contribution in [1.29, 1.82) is 0 Å². The van der Waals surface area contributed by atoms with Gasteiger partial charge >= 0.3 is 0 Å². The number of non-ortho nitro benzene ring substituents is 1. The predicted octanol–water partition coefficient (Wildman–Crippen LogP) is 7.24. The second-order valence-electron chi connectivity index (χ2n) is 11.9. The van der Waals surface area contributed by atoms with Crippen LogP contribution in [-0.4, -0.2) is 50.5 Å². The van der Waals surface area contributed by atoms with Crippen LogP contribution < -0.4 is 10.0 Å². The van der Waals surface area contributed by atoms with Crippen LogP contribution in [0.3, 0.4) is 0 Å². The van der Waals surface area contributed by atoms with E-state index in [4.69, 9.17) is 9.47 Å². The van der Waals surface area contributed by atoms with Crippen LogP contribution in [0.15, 0.2) is 29.2 Å². The van der Waals surface area contributed by atoms with Gasteiger partial charge in [0.25, 0.3) is 5.69 Å². The number of unbranched alkanes of at least 4 members (excludes halogenated alkanes) is 12. The maximum absolute atomic E-state index is 13.3. The quantitative estimate of drug-likeness (QED) is 0.0775. The molecule has 10 heteroatoms.